The Morgan fingerprint density at radius 3 is 2.64 bits per heavy atom. The van der Waals surface area contributed by atoms with Crippen LogP contribution in [-0.4, -0.2) is 16.7 Å². The monoisotopic (exact) mass is 461 g/mol. The molecule has 4 nitrogen and oxygen atoms in total. The molecule has 1 saturated carbocycles. The van der Waals surface area contributed by atoms with Gasteiger partial charge in [0.15, 0.2) is 5.78 Å². The zero-order valence-electron chi connectivity index (χ0n) is 19.0. The number of nitrogens with one attached hydrogen (secondary N) is 1. The third-order valence-electron chi connectivity index (χ3n) is 6.32. The minimum atomic E-state index is -0.509. The second-order valence-electron chi connectivity index (χ2n) is 8.90. The molecule has 1 fully saturated rings. The third kappa shape index (κ3) is 6.18. The maximum absolute atomic E-state index is 12.7. The van der Waals surface area contributed by atoms with Crippen LogP contribution < -0.4 is 5.32 Å². The van der Waals surface area contributed by atoms with Crippen molar-refractivity contribution in [2.24, 2.45) is 5.92 Å². The molecular weight excluding hydrogens is 430 g/mol. The highest BCUT2D eigenvalue weighted by Crippen LogP contribution is 2.32. The van der Waals surface area contributed by atoms with Crippen LogP contribution in [0.25, 0.3) is 10.4 Å². The van der Waals surface area contributed by atoms with Crippen LogP contribution in [-0.2, 0) is 4.79 Å². The molecule has 0 amide bonds. The van der Waals surface area contributed by atoms with Gasteiger partial charge in [-0.3, -0.25) is 9.59 Å². The van der Waals surface area contributed by atoms with E-state index >= 15 is 0 Å². The predicted molar refractivity (Wildman–Crippen MR) is 135 cm³/mol. The summed E-state index contributed by atoms with van der Waals surface area (Å²) in [6.07, 6.45) is 5.57. The standard InChI is InChI=1S/C28H31NO3S/c1-19(30)21-9-4-11-23(17-21)29-24-12-5-10-22(18-24)27-15-16-28(33-27)26(32)13-3-2-7-20-8-6-14-25(20)31/h4-5,9-12,15-20,29-30H,2-3,6-8,13-14H2,1H3. The van der Waals surface area contributed by atoms with Gasteiger partial charge in [0.1, 0.15) is 5.78 Å². The number of Topliss-reactive ketones (excluding diaryl/α,β-unsaturated/α-hetero) is 2. The van der Waals surface area contributed by atoms with Gasteiger partial charge >= 0.3 is 0 Å². The molecule has 1 aromatic heterocycles. The number of hydrogen-bond donors (Lipinski definition) is 2. The Balaban J connectivity index is 1.34. The summed E-state index contributed by atoms with van der Waals surface area (Å²) in [6, 6.07) is 19.8. The molecule has 33 heavy (non-hydrogen) atoms. The normalized spacial score (nSPS) is 16.7. The lowest BCUT2D eigenvalue weighted by Crippen LogP contribution is -2.06. The van der Waals surface area contributed by atoms with E-state index in [2.05, 4.69) is 17.4 Å². The summed E-state index contributed by atoms with van der Waals surface area (Å²) in [5.41, 5.74) is 3.81. The van der Waals surface area contributed by atoms with Gasteiger partial charge in [0.25, 0.3) is 0 Å². The van der Waals surface area contributed by atoms with Crippen molar-refractivity contribution in [2.75, 3.05) is 5.32 Å². The van der Waals surface area contributed by atoms with Gasteiger partial charge < -0.3 is 10.4 Å². The number of carbonyl (C=O) groups excluding carboxylic acids is 2. The fourth-order valence-corrected chi connectivity index (χ4v) is 5.40. The van der Waals surface area contributed by atoms with Gasteiger partial charge in [-0.05, 0) is 80.1 Å². The van der Waals surface area contributed by atoms with Crippen LogP contribution in [0.2, 0.25) is 0 Å². The number of aliphatic hydroxyl groups is 1. The summed E-state index contributed by atoms with van der Waals surface area (Å²) in [6.45, 7) is 1.76. The lowest BCUT2D eigenvalue weighted by molar-refractivity contribution is -0.120. The lowest BCUT2D eigenvalue weighted by Gasteiger charge is -2.11. The molecule has 2 N–H and O–H groups in total. The van der Waals surface area contributed by atoms with Crippen LogP contribution in [0.1, 0.15) is 73.2 Å². The molecule has 2 atom stereocenters. The summed E-state index contributed by atoms with van der Waals surface area (Å²) in [4.78, 5) is 26.3. The molecule has 0 saturated heterocycles. The van der Waals surface area contributed by atoms with Crippen molar-refractivity contribution in [3.05, 3.63) is 71.1 Å². The second kappa shape index (κ2) is 10.9. The number of anilines is 2. The molecule has 0 radical (unpaired) electrons. The molecule has 1 heterocycles. The van der Waals surface area contributed by atoms with E-state index in [0.717, 1.165) is 70.8 Å². The first-order chi connectivity index (χ1) is 16.0. The third-order valence-corrected chi connectivity index (χ3v) is 7.50. The molecule has 2 unspecified atom stereocenters. The van der Waals surface area contributed by atoms with Gasteiger partial charge in [-0.2, -0.15) is 0 Å². The summed E-state index contributed by atoms with van der Waals surface area (Å²) in [5, 5.41) is 13.2. The number of thiophene rings is 1. The summed E-state index contributed by atoms with van der Waals surface area (Å²) in [7, 11) is 0. The summed E-state index contributed by atoms with van der Waals surface area (Å²) in [5.74, 6) is 0.841. The maximum atomic E-state index is 12.7. The average Bonchev–Trinajstić information content (AvgIpc) is 3.46. The van der Waals surface area contributed by atoms with Crippen LogP contribution >= 0.6 is 11.3 Å². The van der Waals surface area contributed by atoms with E-state index in [0.29, 0.717) is 12.2 Å². The van der Waals surface area contributed by atoms with E-state index < -0.39 is 6.10 Å². The Morgan fingerprint density at radius 2 is 1.88 bits per heavy atom. The van der Waals surface area contributed by atoms with Gasteiger partial charge in [-0.1, -0.05) is 30.7 Å². The average molecular weight is 462 g/mol. The van der Waals surface area contributed by atoms with Crippen LogP contribution in [0.5, 0.6) is 0 Å². The summed E-state index contributed by atoms with van der Waals surface area (Å²) < 4.78 is 0. The number of unbranched alkanes of at least 4 members (excludes halogenated alkanes) is 1. The van der Waals surface area contributed by atoms with Gasteiger partial charge in [0.05, 0.1) is 11.0 Å². The number of aliphatic hydroxyl groups excluding tert-OH is 1. The highest BCUT2D eigenvalue weighted by Gasteiger charge is 2.23. The van der Waals surface area contributed by atoms with E-state index in [9.17, 15) is 14.7 Å². The molecule has 172 valence electrons. The quantitative estimate of drug-likeness (QED) is 0.245. The van der Waals surface area contributed by atoms with Gasteiger partial charge in [-0.25, -0.2) is 0 Å². The molecule has 5 heteroatoms. The zero-order chi connectivity index (χ0) is 23.2. The molecule has 0 bridgehead atoms. The van der Waals surface area contributed by atoms with Crippen molar-refractivity contribution >= 4 is 34.3 Å². The first-order valence-electron chi connectivity index (χ1n) is 11.8. The van der Waals surface area contributed by atoms with Crippen molar-refractivity contribution in [1.29, 1.82) is 0 Å². The van der Waals surface area contributed by atoms with E-state index in [1.807, 2.05) is 48.5 Å². The Labute approximate surface area is 199 Å². The molecule has 0 spiro atoms. The Kier molecular flexibility index (Phi) is 7.73. The second-order valence-corrected chi connectivity index (χ2v) is 9.98. The number of benzene rings is 2. The first kappa shape index (κ1) is 23.4. The van der Waals surface area contributed by atoms with Crippen LogP contribution in [0.4, 0.5) is 11.4 Å². The van der Waals surface area contributed by atoms with E-state index in [1.165, 1.54) is 11.3 Å². The smallest absolute Gasteiger partial charge is 0.172 e. The minimum absolute atomic E-state index is 0.188. The zero-order valence-corrected chi connectivity index (χ0v) is 19.9. The van der Waals surface area contributed by atoms with Gasteiger partial charge in [-0.15, -0.1) is 11.3 Å². The lowest BCUT2D eigenvalue weighted by atomic mass is 9.98. The number of carbonyl (C=O) groups is 2. The largest absolute Gasteiger partial charge is 0.389 e. The highest BCUT2D eigenvalue weighted by atomic mass is 32.1. The fraction of sp³-hybridized carbons (Fsp3) is 0.357. The molecule has 2 aromatic carbocycles. The predicted octanol–water partition coefficient (Wildman–Crippen LogP) is 7.32. The SMILES string of the molecule is CC(O)c1cccc(Nc2cccc(-c3ccc(C(=O)CCCCC4CCCC4=O)s3)c2)c1. The van der Waals surface area contributed by atoms with Gasteiger partial charge in [0, 0.05) is 35.0 Å². The van der Waals surface area contributed by atoms with Crippen molar-refractivity contribution in [3.63, 3.8) is 0 Å². The topological polar surface area (TPSA) is 66.4 Å². The molecular formula is C28H31NO3S. The molecule has 0 aliphatic heterocycles. The minimum Gasteiger partial charge on any atom is -0.389 e. The van der Waals surface area contributed by atoms with Gasteiger partial charge in [0.2, 0.25) is 0 Å². The highest BCUT2D eigenvalue weighted by molar-refractivity contribution is 7.17. The van der Waals surface area contributed by atoms with Crippen LogP contribution in [0, 0.1) is 5.92 Å². The van der Waals surface area contributed by atoms with Crippen molar-refractivity contribution in [3.8, 4) is 10.4 Å². The van der Waals surface area contributed by atoms with Crippen LogP contribution in [0.15, 0.2) is 60.7 Å². The fourth-order valence-electron chi connectivity index (χ4n) is 4.43. The Hall–Kier alpha value is -2.76. The van der Waals surface area contributed by atoms with Crippen LogP contribution in [0.3, 0.4) is 0 Å². The van der Waals surface area contributed by atoms with Crippen molar-refractivity contribution in [1.82, 2.24) is 0 Å². The number of ketones is 2. The first-order valence-corrected chi connectivity index (χ1v) is 12.6. The van der Waals surface area contributed by atoms with E-state index in [4.69, 9.17) is 0 Å². The molecule has 1 aliphatic carbocycles. The molecule has 3 aromatic rings. The van der Waals surface area contributed by atoms with Crippen molar-refractivity contribution < 1.29 is 14.7 Å². The molecule has 4 rings (SSSR count). The molecule has 1 aliphatic rings. The number of rotatable bonds is 10. The number of hydrogen-bond acceptors (Lipinski definition) is 5. The van der Waals surface area contributed by atoms with Crippen molar-refractivity contribution in [2.45, 2.75) is 58.0 Å². The van der Waals surface area contributed by atoms with E-state index in [-0.39, 0.29) is 11.7 Å². The van der Waals surface area contributed by atoms with E-state index in [1.54, 1.807) is 6.92 Å². The Bertz CT molecular complexity index is 1120. The summed E-state index contributed by atoms with van der Waals surface area (Å²) >= 11 is 1.53. The maximum Gasteiger partial charge on any atom is 0.172 e. The Morgan fingerprint density at radius 1 is 1.09 bits per heavy atom.